The molecule has 6 nitrogen and oxygen atoms in total. The summed E-state index contributed by atoms with van der Waals surface area (Å²) in [5.74, 6) is -0.351. The van der Waals surface area contributed by atoms with Gasteiger partial charge in [-0.1, -0.05) is 18.2 Å². The van der Waals surface area contributed by atoms with Gasteiger partial charge in [-0.05, 0) is 30.5 Å². The van der Waals surface area contributed by atoms with Crippen LogP contribution < -0.4 is 5.32 Å². The minimum atomic E-state index is -3.32. The van der Waals surface area contributed by atoms with E-state index >= 15 is 0 Å². The number of nitrogens with zero attached hydrogens (tertiary/aromatic N) is 1. The molecule has 0 spiro atoms. The fraction of sp³-hybridized carbons (Fsp3) is 0.588. The molecule has 2 atom stereocenters. The third-order valence-electron chi connectivity index (χ3n) is 4.46. The van der Waals surface area contributed by atoms with Crippen molar-refractivity contribution in [3.8, 4) is 0 Å². The van der Waals surface area contributed by atoms with E-state index in [1.165, 1.54) is 24.0 Å². The molecular weight excluding hydrogens is 328 g/mol. The number of benzene rings is 1. The molecule has 0 aromatic heterocycles. The van der Waals surface area contributed by atoms with Crippen LogP contribution in [0.3, 0.4) is 0 Å². The SMILES string of the molecule is Cc1ccc(CC(=O)N[C@H]2COC[C@H]2CS(=O)(=O)N(C)C)cc1C. The van der Waals surface area contributed by atoms with Crippen LogP contribution in [0.4, 0.5) is 0 Å². The summed E-state index contributed by atoms with van der Waals surface area (Å²) < 4.78 is 30.7. The Labute approximate surface area is 144 Å². The third kappa shape index (κ3) is 4.78. The van der Waals surface area contributed by atoms with Crippen LogP contribution in [-0.4, -0.2) is 57.7 Å². The van der Waals surface area contributed by atoms with Gasteiger partial charge in [0.15, 0.2) is 0 Å². The van der Waals surface area contributed by atoms with Crippen molar-refractivity contribution in [3.05, 3.63) is 34.9 Å². The maximum atomic E-state index is 12.3. The fourth-order valence-electron chi connectivity index (χ4n) is 2.70. The highest BCUT2D eigenvalue weighted by molar-refractivity contribution is 7.89. The van der Waals surface area contributed by atoms with E-state index in [1.807, 2.05) is 32.0 Å². The summed E-state index contributed by atoms with van der Waals surface area (Å²) in [5, 5.41) is 2.93. The zero-order chi connectivity index (χ0) is 17.9. The standard InChI is InChI=1S/C17H26N2O4S/c1-12-5-6-14(7-13(12)2)8-17(20)18-16-10-23-9-15(16)11-24(21,22)19(3)4/h5-7,15-16H,8-11H2,1-4H3,(H,18,20)/t15-,16-/m0/s1. The van der Waals surface area contributed by atoms with Gasteiger partial charge in [0, 0.05) is 20.0 Å². The Bertz CT molecular complexity index is 701. The topological polar surface area (TPSA) is 75.7 Å². The van der Waals surface area contributed by atoms with E-state index < -0.39 is 10.0 Å². The van der Waals surface area contributed by atoms with Crippen LogP contribution in [0, 0.1) is 19.8 Å². The molecule has 1 N–H and O–H groups in total. The number of sulfonamides is 1. The first-order chi connectivity index (χ1) is 11.2. The van der Waals surface area contributed by atoms with Gasteiger partial charge in [0.1, 0.15) is 0 Å². The van der Waals surface area contributed by atoms with Crippen molar-refractivity contribution in [1.82, 2.24) is 9.62 Å². The van der Waals surface area contributed by atoms with Crippen molar-refractivity contribution in [2.45, 2.75) is 26.3 Å². The molecule has 1 aliphatic heterocycles. The second-order valence-electron chi connectivity index (χ2n) is 6.63. The third-order valence-corrected chi connectivity index (χ3v) is 6.42. The molecule has 0 saturated carbocycles. The Morgan fingerprint density at radius 1 is 1.25 bits per heavy atom. The molecule has 1 aliphatic rings. The van der Waals surface area contributed by atoms with Gasteiger partial charge < -0.3 is 10.1 Å². The molecule has 0 radical (unpaired) electrons. The van der Waals surface area contributed by atoms with Gasteiger partial charge in [0.2, 0.25) is 15.9 Å². The number of hydrogen-bond acceptors (Lipinski definition) is 4. The number of carbonyl (C=O) groups is 1. The molecule has 24 heavy (non-hydrogen) atoms. The monoisotopic (exact) mass is 354 g/mol. The highest BCUT2D eigenvalue weighted by Gasteiger charge is 2.34. The van der Waals surface area contributed by atoms with Crippen LogP contribution in [0.15, 0.2) is 18.2 Å². The van der Waals surface area contributed by atoms with E-state index in [2.05, 4.69) is 5.32 Å². The Balaban J connectivity index is 1.96. The van der Waals surface area contributed by atoms with Crippen LogP contribution in [0.25, 0.3) is 0 Å². The van der Waals surface area contributed by atoms with Crippen molar-refractivity contribution >= 4 is 15.9 Å². The molecule has 0 aliphatic carbocycles. The normalized spacial score (nSPS) is 21.2. The van der Waals surface area contributed by atoms with Crippen molar-refractivity contribution in [2.24, 2.45) is 5.92 Å². The van der Waals surface area contributed by atoms with Gasteiger partial charge in [-0.2, -0.15) is 0 Å². The molecule has 134 valence electrons. The first-order valence-electron chi connectivity index (χ1n) is 8.02. The van der Waals surface area contributed by atoms with Gasteiger partial charge in [0.05, 0.1) is 31.4 Å². The molecule has 2 rings (SSSR count). The van der Waals surface area contributed by atoms with Crippen molar-refractivity contribution < 1.29 is 17.9 Å². The van der Waals surface area contributed by atoms with Gasteiger partial charge in [-0.3, -0.25) is 4.79 Å². The maximum Gasteiger partial charge on any atom is 0.224 e. The van der Waals surface area contributed by atoms with E-state index in [1.54, 1.807) is 0 Å². The minimum Gasteiger partial charge on any atom is -0.379 e. The van der Waals surface area contributed by atoms with Crippen LogP contribution in [0.2, 0.25) is 0 Å². The number of ether oxygens (including phenoxy) is 1. The Morgan fingerprint density at radius 3 is 2.58 bits per heavy atom. The van der Waals surface area contributed by atoms with Crippen molar-refractivity contribution in [3.63, 3.8) is 0 Å². The number of carbonyl (C=O) groups excluding carboxylic acids is 1. The Hall–Kier alpha value is -1.44. The van der Waals surface area contributed by atoms with E-state index in [4.69, 9.17) is 4.74 Å². The van der Waals surface area contributed by atoms with Crippen LogP contribution in [0.5, 0.6) is 0 Å². The maximum absolute atomic E-state index is 12.3. The summed E-state index contributed by atoms with van der Waals surface area (Å²) in [6.45, 7) is 4.75. The minimum absolute atomic E-state index is 0.0193. The molecule has 0 bridgehead atoms. The quantitative estimate of drug-likeness (QED) is 0.822. The van der Waals surface area contributed by atoms with Gasteiger partial charge in [-0.25, -0.2) is 12.7 Å². The molecule has 1 aromatic rings. The number of nitrogens with one attached hydrogen (secondary N) is 1. The summed E-state index contributed by atoms with van der Waals surface area (Å²) in [6, 6.07) is 5.69. The molecule has 1 heterocycles. The average molecular weight is 354 g/mol. The lowest BCUT2D eigenvalue weighted by molar-refractivity contribution is -0.121. The Morgan fingerprint density at radius 2 is 1.96 bits per heavy atom. The van der Waals surface area contributed by atoms with E-state index in [9.17, 15) is 13.2 Å². The summed E-state index contributed by atoms with van der Waals surface area (Å²) >= 11 is 0. The highest BCUT2D eigenvalue weighted by Crippen LogP contribution is 2.18. The summed E-state index contributed by atoms with van der Waals surface area (Å²) in [5.41, 5.74) is 3.30. The lowest BCUT2D eigenvalue weighted by Crippen LogP contribution is -2.44. The predicted molar refractivity (Wildman–Crippen MR) is 93.3 cm³/mol. The molecule has 1 aromatic carbocycles. The smallest absolute Gasteiger partial charge is 0.224 e. The van der Waals surface area contributed by atoms with Crippen molar-refractivity contribution in [1.29, 1.82) is 0 Å². The second kappa shape index (κ2) is 7.63. The zero-order valence-corrected chi connectivity index (χ0v) is 15.5. The first kappa shape index (κ1) is 18.9. The van der Waals surface area contributed by atoms with Gasteiger partial charge in [0.25, 0.3) is 0 Å². The fourth-order valence-corrected chi connectivity index (χ4v) is 3.87. The second-order valence-corrected chi connectivity index (χ2v) is 8.86. The van der Waals surface area contributed by atoms with E-state index in [-0.39, 0.29) is 30.0 Å². The van der Waals surface area contributed by atoms with Gasteiger partial charge >= 0.3 is 0 Å². The highest BCUT2D eigenvalue weighted by atomic mass is 32.2. The summed E-state index contributed by atoms with van der Waals surface area (Å²) in [7, 11) is -0.293. The lowest BCUT2D eigenvalue weighted by atomic mass is 10.0. The first-order valence-corrected chi connectivity index (χ1v) is 9.63. The van der Waals surface area contributed by atoms with Gasteiger partial charge in [-0.15, -0.1) is 0 Å². The number of rotatable bonds is 6. The average Bonchev–Trinajstić information content (AvgIpc) is 2.89. The molecule has 7 heteroatoms. The number of amides is 1. The zero-order valence-electron chi connectivity index (χ0n) is 14.7. The number of hydrogen-bond donors (Lipinski definition) is 1. The molecule has 0 unspecified atom stereocenters. The molecule has 1 saturated heterocycles. The van der Waals surface area contributed by atoms with Crippen molar-refractivity contribution in [2.75, 3.05) is 33.1 Å². The van der Waals surface area contributed by atoms with Crippen LogP contribution in [-0.2, 0) is 26.0 Å². The summed E-state index contributed by atoms with van der Waals surface area (Å²) in [4.78, 5) is 12.3. The predicted octanol–water partition coefficient (Wildman–Crippen LogP) is 0.869. The number of aryl methyl sites for hydroxylation is 2. The Kier molecular flexibility index (Phi) is 6.01. The largest absolute Gasteiger partial charge is 0.379 e. The molecule has 1 amide bonds. The molecular formula is C17H26N2O4S. The van der Waals surface area contributed by atoms with E-state index in [0.717, 1.165) is 11.1 Å². The lowest BCUT2D eigenvalue weighted by Gasteiger charge is -2.21. The molecule has 1 fully saturated rings. The van der Waals surface area contributed by atoms with Crippen LogP contribution in [0.1, 0.15) is 16.7 Å². The van der Waals surface area contributed by atoms with E-state index in [0.29, 0.717) is 13.2 Å². The van der Waals surface area contributed by atoms with Crippen LogP contribution >= 0.6 is 0 Å². The summed E-state index contributed by atoms with van der Waals surface area (Å²) in [6.07, 6.45) is 0.283.